The molecule has 2 rings (SSSR count). The van der Waals surface area contributed by atoms with E-state index in [4.69, 9.17) is 5.84 Å². The maximum absolute atomic E-state index is 12.8. The first-order valence-electron chi connectivity index (χ1n) is 7.10. The van der Waals surface area contributed by atoms with Crippen LogP contribution < -0.4 is 11.3 Å². The fourth-order valence-electron chi connectivity index (χ4n) is 2.83. The fraction of sp³-hybridized carbons (Fsp3) is 0.571. The molecule has 1 saturated carbocycles. The third-order valence-electron chi connectivity index (χ3n) is 3.84. The summed E-state index contributed by atoms with van der Waals surface area (Å²) < 4.78 is 0.777. The smallest absolute Gasteiger partial charge is 0.257 e. The molecule has 0 saturated heterocycles. The lowest BCUT2D eigenvalue weighted by atomic mass is 9.93. The molecule has 1 heterocycles. The summed E-state index contributed by atoms with van der Waals surface area (Å²) in [5.74, 6) is 5.88. The van der Waals surface area contributed by atoms with E-state index in [2.05, 4.69) is 26.3 Å². The number of hydrogen-bond donors (Lipinski definition) is 2. The van der Waals surface area contributed by atoms with Gasteiger partial charge in [-0.15, -0.1) is 0 Å². The van der Waals surface area contributed by atoms with Crippen LogP contribution >= 0.6 is 15.9 Å². The Kier molecular flexibility index (Phi) is 5.37. The van der Waals surface area contributed by atoms with Crippen LogP contribution in [0.2, 0.25) is 0 Å². The van der Waals surface area contributed by atoms with Gasteiger partial charge in [-0.25, -0.2) is 10.8 Å². The van der Waals surface area contributed by atoms with Crippen molar-refractivity contribution in [2.45, 2.75) is 45.1 Å². The first kappa shape index (κ1) is 15.3. The molecule has 6 heteroatoms. The summed E-state index contributed by atoms with van der Waals surface area (Å²) in [6.07, 6.45) is 7.48. The monoisotopic (exact) mass is 340 g/mol. The summed E-state index contributed by atoms with van der Waals surface area (Å²) in [4.78, 5) is 18.9. The highest BCUT2D eigenvalue weighted by Crippen LogP contribution is 2.26. The van der Waals surface area contributed by atoms with Gasteiger partial charge < -0.3 is 10.3 Å². The number of pyridine rings is 1. The molecule has 0 spiro atoms. The van der Waals surface area contributed by atoms with E-state index in [1.165, 1.54) is 19.3 Å². The highest BCUT2D eigenvalue weighted by molar-refractivity contribution is 9.10. The van der Waals surface area contributed by atoms with E-state index < -0.39 is 0 Å². The largest absolute Gasteiger partial charge is 0.336 e. The van der Waals surface area contributed by atoms with Crippen LogP contribution in [0.5, 0.6) is 0 Å². The quantitative estimate of drug-likeness (QED) is 0.653. The normalized spacial score (nSPS) is 15.9. The SMILES string of the molecule is CCN(C(=O)c1cc(Br)cnc1NN)C1CCCCC1. The zero-order valence-electron chi connectivity index (χ0n) is 11.7. The number of carbonyl (C=O) groups is 1. The number of amides is 1. The molecular formula is C14H21BrN4O. The molecule has 20 heavy (non-hydrogen) atoms. The highest BCUT2D eigenvalue weighted by atomic mass is 79.9. The molecule has 1 aliphatic rings. The van der Waals surface area contributed by atoms with Crippen LogP contribution in [0.15, 0.2) is 16.7 Å². The number of aromatic nitrogens is 1. The van der Waals surface area contributed by atoms with Gasteiger partial charge in [-0.1, -0.05) is 19.3 Å². The molecule has 110 valence electrons. The first-order chi connectivity index (χ1) is 9.67. The van der Waals surface area contributed by atoms with E-state index in [-0.39, 0.29) is 5.91 Å². The summed E-state index contributed by atoms with van der Waals surface area (Å²) in [6.45, 7) is 2.73. The minimum absolute atomic E-state index is 0.00106. The predicted octanol–water partition coefficient (Wildman–Crippen LogP) is 2.92. The van der Waals surface area contributed by atoms with Crippen molar-refractivity contribution in [3.8, 4) is 0 Å². The average molecular weight is 341 g/mol. The third-order valence-corrected chi connectivity index (χ3v) is 4.27. The number of nitrogen functional groups attached to an aromatic ring is 1. The number of carbonyl (C=O) groups excluding carboxylic acids is 1. The van der Waals surface area contributed by atoms with Crippen molar-refractivity contribution in [1.82, 2.24) is 9.88 Å². The molecule has 0 aliphatic heterocycles. The van der Waals surface area contributed by atoms with Crippen molar-refractivity contribution in [2.24, 2.45) is 5.84 Å². The number of nitrogens with zero attached hydrogens (tertiary/aromatic N) is 2. The average Bonchev–Trinajstić information content (AvgIpc) is 2.49. The van der Waals surface area contributed by atoms with Gasteiger partial charge in [0.05, 0.1) is 5.56 Å². The van der Waals surface area contributed by atoms with Crippen molar-refractivity contribution < 1.29 is 4.79 Å². The Morgan fingerprint density at radius 2 is 2.20 bits per heavy atom. The molecule has 3 N–H and O–H groups in total. The summed E-state index contributed by atoms with van der Waals surface area (Å²) in [5, 5.41) is 0. The maximum atomic E-state index is 12.8. The number of nitrogens with two attached hydrogens (primary N) is 1. The van der Waals surface area contributed by atoms with Gasteiger partial charge in [0.1, 0.15) is 0 Å². The minimum Gasteiger partial charge on any atom is -0.336 e. The van der Waals surface area contributed by atoms with Crippen LogP contribution in [0.3, 0.4) is 0 Å². The zero-order valence-corrected chi connectivity index (χ0v) is 13.3. The molecule has 5 nitrogen and oxygen atoms in total. The van der Waals surface area contributed by atoms with Gasteiger partial charge in [0.25, 0.3) is 5.91 Å². The maximum Gasteiger partial charge on any atom is 0.257 e. The standard InChI is InChI=1S/C14H21BrN4O/c1-2-19(11-6-4-3-5-7-11)14(20)12-8-10(15)9-17-13(12)18-16/h8-9,11H,2-7,16H2,1H3,(H,17,18). The molecule has 1 amide bonds. The topological polar surface area (TPSA) is 71.2 Å². The summed E-state index contributed by atoms with van der Waals surface area (Å²) in [5.41, 5.74) is 3.03. The summed E-state index contributed by atoms with van der Waals surface area (Å²) in [7, 11) is 0. The van der Waals surface area contributed by atoms with Gasteiger partial charge in [-0.2, -0.15) is 0 Å². The Labute approximate surface area is 128 Å². The molecule has 0 bridgehead atoms. The van der Waals surface area contributed by atoms with Gasteiger partial charge in [-0.05, 0) is 41.8 Å². The number of rotatable bonds is 4. The fourth-order valence-corrected chi connectivity index (χ4v) is 3.16. The van der Waals surface area contributed by atoms with Gasteiger partial charge >= 0.3 is 0 Å². The van der Waals surface area contributed by atoms with Crippen molar-refractivity contribution in [3.05, 3.63) is 22.3 Å². The molecule has 0 radical (unpaired) electrons. The lowest BCUT2D eigenvalue weighted by Gasteiger charge is -2.34. The van der Waals surface area contributed by atoms with Crippen LogP contribution in [0.1, 0.15) is 49.4 Å². The minimum atomic E-state index is 0.00106. The van der Waals surface area contributed by atoms with E-state index in [0.717, 1.165) is 17.3 Å². The lowest BCUT2D eigenvalue weighted by Crippen LogP contribution is -2.41. The highest BCUT2D eigenvalue weighted by Gasteiger charge is 2.26. The second kappa shape index (κ2) is 7.04. The Morgan fingerprint density at radius 1 is 1.50 bits per heavy atom. The molecule has 1 aromatic rings. The molecule has 0 unspecified atom stereocenters. The Hall–Kier alpha value is -1.14. The van der Waals surface area contributed by atoms with Crippen LogP contribution in [0.4, 0.5) is 5.82 Å². The van der Waals surface area contributed by atoms with Crippen molar-refractivity contribution in [3.63, 3.8) is 0 Å². The zero-order chi connectivity index (χ0) is 14.5. The Morgan fingerprint density at radius 3 is 2.80 bits per heavy atom. The number of anilines is 1. The van der Waals surface area contributed by atoms with E-state index in [9.17, 15) is 4.79 Å². The number of nitrogens with one attached hydrogen (secondary N) is 1. The van der Waals surface area contributed by atoms with E-state index >= 15 is 0 Å². The van der Waals surface area contributed by atoms with Crippen LogP contribution in [-0.2, 0) is 0 Å². The Balaban J connectivity index is 2.25. The summed E-state index contributed by atoms with van der Waals surface area (Å²) in [6, 6.07) is 2.11. The molecular weight excluding hydrogens is 320 g/mol. The number of halogens is 1. The van der Waals surface area contributed by atoms with E-state index in [1.54, 1.807) is 12.3 Å². The van der Waals surface area contributed by atoms with Gasteiger partial charge in [-0.3, -0.25) is 4.79 Å². The molecule has 1 aliphatic carbocycles. The van der Waals surface area contributed by atoms with E-state index in [1.807, 2.05) is 11.8 Å². The van der Waals surface area contributed by atoms with Gasteiger partial charge in [0.15, 0.2) is 5.82 Å². The predicted molar refractivity (Wildman–Crippen MR) is 83.3 cm³/mol. The van der Waals surface area contributed by atoms with Gasteiger partial charge in [0.2, 0.25) is 0 Å². The molecule has 0 aromatic carbocycles. The second-order valence-electron chi connectivity index (χ2n) is 5.08. The molecule has 1 fully saturated rings. The first-order valence-corrected chi connectivity index (χ1v) is 7.89. The van der Waals surface area contributed by atoms with Crippen LogP contribution in [0, 0.1) is 0 Å². The number of hydrazine groups is 1. The Bertz CT molecular complexity index is 474. The van der Waals surface area contributed by atoms with Crippen molar-refractivity contribution in [1.29, 1.82) is 0 Å². The van der Waals surface area contributed by atoms with Crippen LogP contribution in [0.25, 0.3) is 0 Å². The van der Waals surface area contributed by atoms with Gasteiger partial charge in [0, 0.05) is 23.3 Å². The van der Waals surface area contributed by atoms with Crippen LogP contribution in [-0.4, -0.2) is 28.4 Å². The molecule has 1 aromatic heterocycles. The lowest BCUT2D eigenvalue weighted by molar-refractivity contribution is 0.0648. The van der Waals surface area contributed by atoms with Crippen molar-refractivity contribution >= 4 is 27.7 Å². The molecule has 0 atom stereocenters. The second-order valence-corrected chi connectivity index (χ2v) is 5.99. The van der Waals surface area contributed by atoms with Crippen molar-refractivity contribution in [2.75, 3.05) is 12.0 Å². The summed E-state index contributed by atoms with van der Waals surface area (Å²) >= 11 is 3.36. The number of hydrogen-bond acceptors (Lipinski definition) is 4. The third kappa shape index (κ3) is 3.30. The van der Waals surface area contributed by atoms with E-state index in [0.29, 0.717) is 24.0 Å².